The van der Waals surface area contributed by atoms with Crippen molar-refractivity contribution in [3.63, 3.8) is 0 Å². The van der Waals surface area contributed by atoms with Crippen LogP contribution >= 0.6 is 11.3 Å². The fourth-order valence-electron chi connectivity index (χ4n) is 1.73. The lowest BCUT2D eigenvalue weighted by Gasteiger charge is -2.04. The van der Waals surface area contributed by atoms with Gasteiger partial charge in [-0.05, 0) is 35.2 Å². The number of carboxylic acids is 1. The summed E-state index contributed by atoms with van der Waals surface area (Å²) in [4.78, 5) is 27.3. The predicted molar refractivity (Wildman–Crippen MR) is 81.3 cm³/mol. The Morgan fingerprint density at radius 1 is 1.33 bits per heavy atom. The highest BCUT2D eigenvalue weighted by Gasteiger charge is 2.11. The summed E-state index contributed by atoms with van der Waals surface area (Å²) in [6, 6.07) is 7.36. The summed E-state index contributed by atoms with van der Waals surface area (Å²) < 4.78 is 0. The van der Waals surface area contributed by atoms with Gasteiger partial charge >= 0.3 is 5.97 Å². The minimum absolute atomic E-state index is 0.203. The van der Waals surface area contributed by atoms with Crippen molar-refractivity contribution in [3.8, 4) is 0 Å². The lowest BCUT2D eigenvalue weighted by molar-refractivity contribution is -0.131. The Hall–Kier alpha value is -2.47. The zero-order valence-corrected chi connectivity index (χ0v) is 12.0. The van der Waals surface area contributed by atoms with Crippen molar-refractivity contribution in [1.29, 1.82) is 0 Å². The highest BCUT2D eigenvalue weighted by molar-refractivity contribution is 7.12. The molecule has 108 valence electrons. The van der Waals surface area contributed by atoms with Crippen LogP contribution in [0.3, 0.4) is 0 Å². The van der Waals surface area contributed by atoms with E-state index in [1.165, 1.54) is 17.4 Å². The number of aliphatic carboxylic acids is 1. The zero-order chi connectivity index (χ0) is 15.1. The average molecular weight is 302 g/mol. The Bertz CT molecular complexity index is 650. The molecule has 0 radical (unpaired) electrons. The fraction of sp³-hybridized carbons (Fsp3) is 0.133. The first kappa shape index (κ1) is 14.9. The average Bonchev–Trinajstić information content (AvgIpc) is 2.94. The number of amides is 1. The summed E-state index contributed by atoms with van der Waals surface area (Å²) in [6.45, 7) is 0.482. The van der Waals surface area contributed by atoms with Crippen molar-refractivity contribution >= 4 is 29.3 Å². The second-order valence-electron chi connectivity index (χ2n) is 4.20. The van der Waals surface area contributed by atoms with E-state index in [1.807, 2.05) is 18.2 Å². The van der Waals surface area contributed by atoms with Gasteiger partial charge in [-0.25, -0.2) is 4.79 Å². The Morgan fingerprint density at radius 3 is 2.90 bits per heavy atom. The Labute approximate surface area is 126 Å². The molecule has 2 aromatic heterocycles. The quantitative estimate of drug-likeness (QED) is 0.802. The monoisotopic (exact) mass is 302 g/mol. The number of carboxylic acid groups (broad SMARTS) is 1. The van der Waals surface area contributed by atoms with Crippen LogP contribution in [0.4, 0.5) is 0 Å². The summed E-state index contributed by atoms with van der Waals surface area (Å²) in [6.07, 6.45) is 4.81. The molecular formula is C15H14N2O3S. The molecule has 21 heavy (non-hydrogen) atoms. The highest BCUT2D eigenvalue weighted by Crippen LogP contribution is 2.18. The second-order valence-corrected chi connectivity index (χ2v) is 5.12. The van der Waals surface area contributed by atoms with Crippen LogP contribution in [0.2, 0.25) is 0 Å². The number of pyridine rings is 1. The molecule has 0 aliphatic heterocycles. The maximum Gasteiger partial charge on any atom is 0.328 e. The van der Waals surface area contributed by atoms with E-state index in [2.05, 4.69) is 10.3 Å². The first-order valence-electron chi connectivity index (χ1n) is 6.33. The van der Waals surface area contributed by atoms with Crippen molar-refractivity contribution in [1.82, 2.24) is 10.3 Å². The van der Waals surface area contributed by atoms with Crippen LogP contribution in [0.5, 0.6) is 0 Å². The number of carbonyl (C=O) groups excluding carboxylic acids is 1. The van der Waals surface area contributed by atoms with E-state index in [9.17, 15) is 9.59 Å². The Kier molecular flexibility index (Phi) is 5.22. The summed E-state index contributed by atoms with van der Waals surface area (Å²) >= 11 is 1.28. The van der Waals surface area contributed by atoms with Gasteiger partial charge in [-0.1, -0.05) is 6.07 Å². The molecule has 0 aromatic carbocycles. The number of nitrogens with zero attached hydrogens (tertiary/aromatic N) is 1. The van der Waals surface area contributed by atoms with Crippen LogP contribution in [-0.4, -0.2) is 28.5 Å². The standard InChI is InChI=1S/C15H14N2O3S/c18-13(19)5-4-11-7-10-21-14(11)15(20)17-9-6-12-3-1-2-8-16-12/h1-5,7-8,10H,6,9H2,(H,17,20)(H,18,19). The predicted octanol–water partition coefficient (Wildman–Crippen LogP) is 2.21. The van der Waals surface area contributed by atoms with Crippen molar-refractivity contribution in [2.24, 2.45) is 0 Å². The molecule has 0 saturated carbocycles. The van der Waals surface area contributed by atoms with Gasteiger partial charge in [0.05, 0.1) is 4.88 Å². The molecule has 1 amide bonds. The van der Waals surface area contributed by atoms with Crippen LogP contribution in [0.25, 0.3) is 6.08 Å². The number of aromatic nitrogens is 1. The van der Waals surface area contributed by atoms with Gasteiger partial charge in [0.25, 0.3) is 5.91 Å². The van der Waals surface area contributed by atoms with Gasteiger partial charge in [0.1, 0.15) is 0 Å². The third-order valence-corrected chi connectivity index (χ3v) is 3.63. The first-order chi connectivity index (χ1) is 10.2. The molecule has 6 heteroatoms. The van der Waals surface area contributed by atoms with Crippen molar-refractivity contribution in [3.05, 3.63) is 58.1 Å². The summed E-state index contributed by atoms with van der Waals surface area (Å²) in [5, 5.41) is 13.2. The van der Waals surface area contributed by atoms with E-state index >= 15 is 0 Å². The van der Waals surface area contributed by atoms with Crippen LogP contribution in [-0.2, 0) is 11.2 Å². The molecule has 0 atom stereocenters. The van der Waals surface area contributed by atoms with Crippen molar-refractivity contribution in [2.45, 2.75) is 6.42 Å². The van der Waals surface area contributed by atoms with E-state index in [1.54, 1.807) is 17.6 Å². The van der Waals surface area contributed by atoms with Gasteiger partial charge in [0.15, 0.2) is 0 Å². The zero-order valence-electron chi connectivity index (χ0n) is 11.2. The second kappa shape index (κ2) is 7.35. The molecule has 0 aliphatic carbocycles. The number of hydrogen-bond donors (Lipinski definition) is 2. The molecule has 0 fully saturated rings. The third kappa shape index (κ3) is 4.54. The minimum atomic E-state index is -1.04. The molecule has 0 spiro atoms. The van der Waals surface area contributed by atoms with Gasteiger partial charge < -0.3 is 10.4 Å². The van der Waals surface area contributed by atoms with E-state index in [0.29, 0.717) is 23.4 Å². The molecule has 0 saturated heterocycles. The largest absolute Gasteiger partial charge is 0.478 e. The van der Waals surface area contributed by atoms with Gasteiger partial charge in [0, 0.05) is 30.9 Å². The van der Waals surface area contributed by atoms with Gasteiger partial charge in [-0.15, -0.1) is 11.3 Å². The molecule has 2 heterocycles. The molecule has 2 aromatic rings. The van der Waals surface area contributed by atoms with E-state index in [-0.39, 0.29) is 5.91 Å². The maximum absolute atomic E-state index is 12.1. The van der Waals surface area contributed by atoms with Crippen LogP contribution in [0, 0.1) is 0 Å². The van der Waals surface area contributed by atoms with Crippen LogP contribution in [0.15, 0.2) is 41.9 Å². The summed E-state index contributed by atoms with van der Waals surface area (Å²) in [5.41, 5.74) is 1.52. The first-order valence-corrected chi connectivity index (χ1v) is 7.21. The number of rotatable bonds is 6. The van der Waals surface area contributed by atoms with E-state index < -0.39 is 5.97 Å². The number of hydrogen-bond acceptors (Lipinski definition) is 4. The fourth-order valence-corrected chi connectivity index (χ4v) is 2.53. The highest BCUT2D eigenvalue weighted by atomic mass is 32.1. The Balaban J connectivity index is 1.92. The molecule has 5 nitrogen and oxygen atoms in total. The SMILES string of the molecule is O=C(O)C=Cc1ccsc1C(=O)NCCc1ccccn1. The molecule has 0 bridgehead atoms. The molecule has 2 rings (SSSR count). The summed E-state index contributed by atoms with van der Waals surface area (Å²) in [5.74, 6) is -1.24. The summed E-state index contributed by atoms with van der Waals surface area (Å²) in [7, 11) is 0. The number of thiophene rings is 1. The third-order valence-electron chi connectivity index (χ3n) is 2.70. The van der Waals surface area contributed by atoms with Crippen molar-refractivity contribution < 1.29 is 14.7 Å². The lowest BCUT2D eigenvalue weighted by Crippen LogP contribution is -2.25. The van der Waals surface area contributed by atoms with Gasteiger partial charge in [-0.2, -0.15) is 0 Å². The van der Waals surface area contributed by atoms with Crippen molar-refractivity contribution in [2.75, 3.05) is 6.54 Å². The van der Waals surface area contributed by atoms with Crippen LogP contribution < -0.4 is 5.32 Å². The van der Waals surface area contributed by atoms with E-state index in [4.69, 9.17) is 5.11 Å². The normalized spacial score (nSPS) is 10.7. The van der Waals surface area contributed by atoms with Gasteiger partial charge in [-0.3, -0.25) is 9.78 Å². The number of carbonyl (C=O) groups is 2. The van der Waals surface area contributed by atoms with E-state index in [0.717, 1.165) is 11.8 Å². The number of nitrogens with one attached hydrogen (secondary N) is 1. The maximum atomic E-state index is 12.1. The van der Waals surface area contributed by atoms with Crippen LogP contribution in [0.1, 0.15) is 20.9 Å². The molecular weight excluding hydrogens is 288 g/mol. The molecule has 2 N–H and O–H groups in total. The molecule has 0 unspecified atom stereocenters. The minimum Gasteiger partial charge on any atom is -0.478 e. The smallest absolute Gasteiger partial charge is 0.328 e. The molecule has 0 aliphatic rings. The lowest BCUT2D eigenvalue weighted by atomic mass is 10.2. The van der Waals surface area contributed by atoms with Gasteiger partial charge in [0.2, 0.25) is 0 Å². The topological polar surface area (TPSA) is 79.3 Å². The Morgan fingerprint density at radius 2 is 2.19 bits per heavy atom.